The maximum atomic E-state index is 14.2. The smallest absolute Gasteiger partial charge is 0.380 e. The molecule has 2 saturated heterocycles. The van der Waals surface area contributed by atoms with E-state index in [1.54, 1.807) is 36.4 Å². The second-order valence-electron chi connectivity index (χ2n) is 8.18. The molecular weight excluding hydrogens is 442 g/mol. The third-order valence-corrected chi connectivity index (χ3v) is 5.68. The molecule has 3 amide bonds. The van der Waals surface area contributed by atoms with Gasteiger partial charge in [-0.3, -0.25) is 9.69 Å². The monoisotopic (exact) mass is 465 g/mol. The van der Waals surface area contributed by atoms with E-state index in [9.17, 15) is 27.2 Å². The van der Waals surface area contributed by atoms with Gasteiger partial charge in [0.2, 0.25) is 0 Å². The summed E-state index contributed by atoms with van der Waals surface area (Å²) in [5.74, 6) is -1.17. The molecule has 1 atom stereocenters. The number of alkyl halides is 3. The SMILES string of the molecule is O=C1CN(Cc2ccc(-c3ccc(F)c(CN[C@H]4CCOC4)c3)cc2)C(=O)N1CC(F)(F)F. The van der Waals surface area contributed by atoms with Crippen molar-refractivity contribution >= 4 is 11.9 Å². The van der Waals surface area contributed by atoms with E-state index < -0.39 is 31.2 Å². The first-order valence-corrected chi connectivity index (χ1v) is 10.5. The number of ether oxygens (including phenoxy) is 1. The summed E-state index contributed by atoms with van der Waals surface area (Å²) in [6.45, 7) is -0.273. The van der Waals surface area contributed by atoms with Gasteiger partial charge in [-0.25, -0.2) is 9.18 Å². The van der Waals surface area contributed by atoms with Crippen molar-refractivity contribution in [3.63, 3.8) is 0 Å². The summed E-state index contributed by atoms with van der Waals surface area (Å²) >= 11 is 0. The summed E-state index contributed by atoms with van der Waals surface area (Å²) in [6, 6.07) is 11.2. The van der Waals surface area contributed by atoms with Crippen molar-refractivity contribution in [2.24, 2.45) is 0 Å². The molecule has 0 radical (unpaired) electrons. The van der Waals surface area contributed by atoms with Crippen LogP contribution in [0.4, 0.5) is 22.4 Å². The first kappa shape index (κ1) is 23.2. The Bertz CT molecular complexity index is 1020. The third kappa shape index (κ3) is 5.69. The van der Waals surface area contributed by atoms with E-state index in [2.05, 4.69) is 5.32 Å². The number of urea groups is 1. The van der Waals surface area contributed by atoms with Crippen molar-refractivity contribution in [2.45, 2.75) is 31.7 Å². The van der Waals surface area contributed by atoms with Crippen LogP contribution in [-0.4, -0.2) is 60.3 Å². The largest absolute Gasteiger partial charge is 0.406 e. The summed E-state index contributed by atoms with van der Waals surface area (Å²) in [5, 5.41) is 3.29. The highest BCUT2D eigenvalue weighted by Gasteiger charge is 2.42. The van der Waals surface area contributed by atoms with Gasteiger partial charge in [-0.15, -0.1) is 0 Å². The topological polar surface area (TPSA) is 61.9 Å². The Balaban J connectivity index is 1.41. The fourth-order valence-electron chi connectivity index (χ4n) is 3.91. The predicted molar refractivity (Wildman–Crippen MR) is 111 cm³/mol. The molecule has 6 nitrogen and oxygen atoms in total. The van der Waals surface area contributed by atoms with Crippen LogP contribution in [0, 0.1) is 5.82 Å². The van der Waals surface area contributed by atoms with Crippen LogP contribution in [0.25, 0.3) is 11.1 Å². The van der Waals surface area contributed by atoms with Gasteiger partial charge < -0.3 is 15.0 Å². The zero-order chi connectivity index (χ0) is 23.6. The van der Waals surface area contributed by atoms with E-state index in [0.717, 1.165) is 22.4 Å². The molecule has 0 unspecified atom stereocenters. The lowest BCUT2D eigenvalue weighted by Crippen LogP contribution is -2.39. The molecule has 0 bridgehead atoms. The van der Waals surface area contributed by atoms with Crippen LogP contribution < -0.4 is 5.32 Å². The quantitative estimate of drug-likeness (QED) is 0.501. The summed E-state index contributed by atoms with van der Waals surface area (Å²) in [7, 11) is 0. The van der Waals surface area contributed by atoms with Crippen LogP contribution in [0.1, 0.15) is 17.5 Å². The van der Waals surface area contributed by atoms with Gasteiger partial charge in [-0.1, -0.05) is 30.3 Å². The van der Waals surface area contributed by atoms with E-state index in [0.29, 0.717) is 30.9 Å². The average Bonchev–Trinajstić information content (AvgIpc) is 3.37. The van der Waals surface area contributed by atoms with Gasteiger partial charge >= 0.3 is 12.2 Å². The second-order valence-corrected chi connectivity index (χ2v) is 8.18. The van der Waals surface area contributed by atoms with E-state index in [-0.39, 0.29) is 23.3 Å². The summed E-state index contributed by atoms with van der Waals surface area (Å²) in [6.07, 6.45) is -3.75. The van der Waals surface area contributed by atoms with Crippen molar-refractivity contribution in [3.05, 3.63) is 59.4 Å². The molecule has 2 aromatic carbocycles. The van der Waals surface area contributed by atoms with E-state index in [1.165, 1.54) is 6.07 Å². The molecule has 2 fully saturated rings. The first-order valence-electron chi connectivity index (χ1n) is 10.5. The van der Waals surface area contributed by atoms with Crippen molar-refractivity contribution in [2.75, 3.05) is 26.3 Å². The molecule has 2 aromatic rings. The molecule has 33 heavy (non-hydrogen) atoms. The average molecular weight is 465 g/mol. The van der Waals surface area contributed by atoms with Crippen LogP contribution >= 0.6 is 0 Å². The number of rotatable bonds is 7. The zero-order valence-corrected chi connectivity index (χ0v) is 17.7. The molecule has 0 spiro atoms. The summed E-state index contributed by atoms with van der Waals surface area (Å²) in [4.78, 5) is 25.3. The summed E-state index contributed by atoms with van der Waals surface area (Å²) in [5.41, 5.74) is 2.84. The Labute approximate surface area is 188 Å². The lowest BCUT2D eigenvalue weighted by Gasteiger charge is -2.18. The van der Waals surface area contributed by atoms with Gasteiger partial charge in [-0.05, 0) is 35.2 Å². The molecule has 2 aliphatic heterocycles. The number of amides is 3. The molecule has 176 valence electrons. The Morgan fingerprint density at radius 2 is 1.79 bits per heavy atom. The number of halogens is 4. The fourth-order valence-corrected chi connectivity index (χ4v) is 3.91. The Morgan fingerprint density at radius 3 is 2.45 bits per heavy atom. The minimum Gasteiger partial charge on any atom is -0.380 e. The number of nitrogens with one attached hydrogen (secondary N) is 1. The number of imide groups is 1. The number of carbonyl (C=O) groups is 2. The fraction of sp³-hybridized carbons (Fsp3) is 0.391. The van der Waals surface area contributed by atoms with Crippen molar-refractivity contribution < 1.29 is 31.9 Å². The van der Waals surface area contributed by atoms with Crippen LogP contribution in [0.2, 0.25) is 0 Å². The molecule has 1 N–H and O–H groups in total. The minimum atomic E-state index is -4.64. The molecule has 4 rings (SSSR count). The third-order valence-electron chi connectivity index (χ3n) is 5.68. The molecule has 0 aliphatic carbocycles. The predicted octanol–water partition coefficient (Wildman–Crippen LogP) is 3.70. The molecular formula is C23H23F4N3O3. The minimum absolute atomic E-state index is 0.0151. The standard InChI is InChI=1S/C23H23F4N3O3/c24-20-6-5-17(9-18(20)10-28-19-7-8-33-13-19)16-3-1-15(2-4-16)11-29-12-21(31)30(22(29)32)14-23(25,26)27/h1-6,9,19,28H,7-8,10-14H2/t19-/m0/s1. The van der Waals surface area contributed by atoms with E-state index >= 15 is 0 Å². The molecule has 2 heterocycles. The van der Waals surface area contributed by atoms with E-state index in [1.807, 2.05) is 0 Å². The van der Waals surface area contributed by atoms with Gasteiger partial charge in [-0.2, -0.15) is 13.2 Å². The Kier molecular flexibility index (Phi) is 6.66. The maximum absolute atomic E-state index is 14.2. The van der Waals surface area contributed by atoms with Crippen molar-refractivity contribution in [1.29, 1.82) is 0 Å². The lowest BCUT2D eigenvalue weighted by atomic mass is 10.0. The van der Waals surface area contributed by atoms with Gasteiger partial charge in [0.05, 0.1) is 6.61 Å². The Hall–Kier alpha value is -2.98. The first-order chi connectivity index (χ1) is 15.7. The van der Waals surface area contributed by atoms with E-state index in [4.69, 9.17) is 4.74 Å². The van der Waals surface area contributed by atoms with Crippen LogP contribution in [0.3, 0.4) is 0 Å². The second kappa shape index (κ2) is 9.48. The number of carbonyl (C=O) groups excluding carboxylic acids is 2. The van der Waals surface area contributed by atoms with Crippen LogP contribution in [0.5, 0.6) is 0 Å². The maximum Gasteiger partial charge on any atom is 0.406 e. The van der Waals surface area contributed by atoms with Crippen molar-refractivity contribution in [3.8, 4) is 11.1 Å². The molecule has 2 aliphatic rings. The van der Waals surface area contributed by atoms with Crippen LogP contribution in [0.15, 0.2) is 42.5 Å². The number of nitrogens with zero attached hydrogens (tertiary/aromatic N) is 2. The Morgan fingerprint density at radius 1 is 1.06 bits per heavy atom. The number of hydrogen-bond acceptors (Lipinski definition) is 4. The number of hydrogen-bond donors (Lipinski definition) is 1. The lowest BCUT2D eigenvalue weighted by molar-refractivity contribution is -0.151. The molecule has 0 saturated carbocycles. The highest BCUT2D eigenvalue weighted by Crippen LogP contribution is 2.25. The van der Waals surface area contributed by atoms with Gasteiger partial charge in [0, 0.05) is 31.3 Å². The highest BCUT2D eigenvalue weighted by molar-refractivity contribution is 6.02. The normalized spacial score (nSPS) is 19.1. The van der Waals surface area contributed by atoms with Gasteiger partial charge in [0.15, 0.2) is 0 Å². The summed E-state index contributed by atoms with van der Waals surface area (Å²) < 4.78 is 57.3. The number of benzene rings is 2. The van der Waals surface area contributed by atoms with Crippen molar-refractivity contribution in [1.82, 2.24) is 15.1 Å². The van der Waals surface area contributed by atoms with Crippen LogP contribution in [-0.2, 0) is 22.6 Å². The highest BCUT2D eigenvalue weighted by atomic mass is 19.4. The zero-order valence-electron chi connectivity index (χ0n) is 17.7. The molecule has 10 heteroatoms. The van der Waals surface area contributed by atoms with Gasteiger partial charge in [0.25, 0.3) is 5.91 Å². The molecule has 0 aromatic heterocycles. The van der Waals surface area contributed by atoms with Gasteiger partial charge in [0.1, 0.15) is 18.9 Å².